The fourth-order valence-corrected chi connectivity index (χ4v) is 6.59. The molecule has 3 aromatic rings. The van der Waals surface area contributed by atoms with Crippen LogP contribution < -0.4 is 4.90 Å². The second kappa shape index (κ2) is 10.5. The number of carbonyl (C=O) groups excluding carboxylic acids is 1. The molecular weight excluding hydrogens is 492 g/mol. The summed E-state index contributed by atoms with van der Waals surface area (Å²) in [5.41, 5.74) is 6.39. The van der Waals surface area contributed by atoms with Crippen LogP contribution in [0.4, 0.5) is 5.69 Å². The van der Waals surface area contributed by atoms with Crippen molar-refractivity contribution in [1.82, 2.24) is 19.8 Å². The first-order valence-electron chi connectivity index (χ1n) is 13.6. The molecule has 6 rings (SSSR count). The zero-order chi connectivity index (χ0) is 26.2. The van der Waals surface area contributed by atoms with E-state index in [9.17, 15) is 4.79 Å². The predicted molar refractivity (Wildman–Crippen MR) is 157 cm³/mol. The number of nitrogens with zero attached hydrogens (tertiary/aromatic N) is 6. The summed E-state index contributed by atoms with van der Waals surface area (Å²) in [6.45, 7) is 13.0. The highest BCUT2D eigenvalue weighted by atomic mass is 32.2. The van der Waals surface area contributed by atoms with Crippen molar-refractivity contribution in [2.45, 2.75) is 39.7 Å². The monoisotopic (exact) mass is 526 g/mol. The summed E-state index contributed by atoms with van der Waals surface area (Å²) >= 11 is 1.48. The number of aromatic nitrogens is 2. The third-order valence-electron chi connectivity index (χ3n) is 7.80. The molecule has 2 saturated heterocycles. The minimum absolute atomic E-state index is 0.151. The van der Waals surface area contributed by atoms with Gasteiger partial charge >= 0.3 is 0 Å². The Hall–Kier alpha value is -3.23. The lowest BCUT2D eigenvalue weighted by Gasteiger charge is -2.38. The van der Waals surface area contributed by atoms with Crippen LogP contribution in [0.15, 0.2) is 52.6 Å². The van der Waals surface area contributed by atoms with Gasteiger partial charge in [-0.05, 0) is 86.8 Å². The summed E-state index contributed by atoms with van der Waals surface area (Å²) in [6, 6.07) is 13.4. The average molecular weight is 527 g/mol. The van der Waals surface area contributed by atoms with Crippen LogP contribution in [0, 0.1) is 6.92 Å². The van der Waals surface area contributed by atoms with Crippen molar-refractivity contribution in [2.24, 2.45) is 4.99 Å². The van der Waals surface area contributed by atoms with Crippen LogP contribution in [0.5, 0.6) is 0 Å². The van der Waals surface area contributed by atoms with Gasteiger partial charge in [0.05, 0.1) is 16.1 Å². The van der Waals surface area contributed by atoms with E-state index in [4.69, 9.17) is 0 Å². The Morgan fingerprint density at radius 2 is 1.71 bits per heavy atom. The number of rotatable bonds is 4. The number of aliphatic imine (C=N–C) groups is 1. The normalized spacial score (nSPS) is 19.8. The third-order valence-corrected chi connectivity index (χ3v) is 8.84. The largest absolute Gasteiger partial charge is 0.369 e. The van der Waals surface area contributed by atoms with E-state index in [0.717, 1.165) is 85.0 Å². The molecule has 0 N–H and O–H groups in total. The molecular formula is C30H34N6OS. The highest BCUT2D eigenvalue weighted by molar-refractivity contribution is 8.18. The van der Waals surface area contributed by atoms with Crippen LogP contribution >= 0.6 is 11.8 Å². The average Bonchev–Trinajstić information content (AvgIpc) is 3.59. The Morgan fingerprint density at radius 1 is 0.921 bits per heavy atom. The van der Waals surface area contributed by atoms with Crippen molar-refractivity contribution in [3.8, 4) is 11.3 Å². The molecule has 0 bridgehead atoms. The topological polar surface area (TPSA) is 64.9 Å². The zero-order valence-electron chi connectivity index (χ0n) is 22.4. The number of aryl methyl sites for hydroxylation is 1. The summed E-state index contributed by atoms with van der Waals surface area (Å²) < 4.78 is 0. The fraction of sp³-hybridized carbons (Fsp3) is 0.400. The molecule has 1 aromatic heterocycles. The van der Waals surface area contributed by atoms with Gasteiger partial charge in [0.2, 0.25) is 0 Å². The lowest BCUT2D eigenvalue weighted by Crippen LogP contribution is -2.49. The molecule has 2 aromatic carbocycles. The van der Waals surface area contributed by atoms with E-state index in [0.29, 0.717) is 10.9 Å². The van der Waals surface area contributed by atoms with Crippen molar-refractivity contribution in [2.75, 3.05) is 44.2 Å². The van der Waals surface area contributed by atoms with E-state index in [1.54, 1.807) is 6.33 Å². The summed E-state index contributed by atoms with van der Waals surface area (Å²) in [5.74, 6) is -0.151. The van der Waals surface area contributed by atoms with Crippen molar-refractivity contribution in [3.63, 3.8) is 0 Å². The molecule has 38 heavy (non-hydrogen) atoms. The second-order valence-corrected chi connectivity index (χ2v) is 11.6. The molecule has 8 heteroatoms. The van der Waals surface area contributed by atoms with E-state index < -0.39 is 0 Å². The highest BCUT2D eigenvalue weighted by Crippen LogP contribution is 2.34. The Morgan fingerprint density at radius 3 is 2.45 bits per heavy atom. The maximum Gasteiger partial charge on any atom is 0.286 e. The molecule has 0 radical (unpaired) electrons. The van der Waals surface area contributed by atoms with Crippen LogP contribution in [-0.4, -0.2) is 76.2 Å². The van der Waals surface area contributed by atoms with Gasteiger partial charge in [0, 0.05) is 61.9 Å². The van der Waals surface area contributed by atoms with Crippen molar-refractivity contribution >= 4 is 45.5 Å². The Labute approximate surface area is 228 Å². The van der Waals surface area contributed by atoms with Gasteiger partial charge in [-0.1, -0.05) is 12.1 Å². The van der Waals surface area contributed by atoms with Crippen LogP contribution in [0.25, 0.3) is 28.2 Å². The number of thioether (sulfide) groups is 1. The number of piperazine rings is 1. The van der Waals surface area contributed by atoms with Crippen LogP contribution in [-0.2, 0) is 4.79 Å². The molecule has 3 aliphatic heterocycles. The quantitative estimate of drug-likeness (QED) is 0.433. The molecule has 3 aliphatic rings. The Bertz CT molecular complexity index is 1430. The van der Waals surface area contributed by atoms with Crippen molar-refractivity contribution in [1.29, 1.82) is 0 Å². The third kappa shape index (κ3) is 4.95. The Kier molecular flexibility index (Phi) is 6.93. The molecule has 2 fully saturated rings. The molecule has 0 saturated carbocycles. The summed E-state index contributed by atoms with van der Waals surface area (Å²) in [6.07, 6.45) is 5.91. The fourth-order valence-electron chi connectivity index (χ4n) is 5.62. The van der Waals surface area contributed by atoms with Gasteiger partial charge in [0.25, 0.3) is 5.91 Å². The Balaban J connectivity index is 1.26. The number of fused-ring (bicyclic) bond motifs is 1. The van der Waals surface area contributed by atoms with E-state index in [1.165, 1.54) is 23.0 Å². The molecule has 0 spiro atoms. The summed E-state index contributed by atoms with van der Waals surface area (Å²) in [4.78, 5) is 34.0. The number of carbonyl (C=O) groups is 1. The van der Waals surface area contributed by atoms with Crippen LogP contribution in [0.2, 0.25) is 0 Å². The number of hydrogen-bond acceptors (Lipinski definition) is 7. The van der Waals surface area contributed by atoms with Gasteiger partial charge in [0.15, 0.2) is 5.17 Å². The van der Waals surface area contributed by atoms with Crippen LogP contribution in [0.1, 0.15) is 37.8 Å². The maximum atomic E-state index is 12.6. The van der Waals surface area contributed by atoms with Gasteiger partial charge < -0.3 is 9.80 Å². The predicted octanol–water partition coefficient (Wildman–Crippen LogP) is 5.20. The molecule has 196 valence electrons. The van der Waals surface area contributed by atoms with Gasteiger partial charge in [-0.3, -0.25) is 9.69 Å². The molecule has 1 amide bonds. The molecule has 0 aliphatic carbocycles. The number of benzene rings is 2. The SMILES string of the molecule is Cc1cc(-c2ncnc3ccc(C=C4SC(N5CCCC5)=NC4=O)cc23)ccc1N1CCN(C(C)C)CC1. The van der Waals surface area contributed by atoms with E-state index >= 15 is 0 Å². The van der Waals surface area contributed by atoms with Gasteiger partial charge in [-0.15, -0.1) is 0 Å². The van der Waals surface area contributed by atoms with Gasteiger partial charge in [-0.2, -0.15) is 4.99 Å². The lowest BCUT2D eigenvalue weighted by atomic mass is 10.0. The maximum absolute atomic E-state index is 12.6. The molecule has 0 unspecified atom stereocenters. The number of hydrogen-bond donors (Lipinski definition) is 0. The van der Waals surface area contributed by atoms with Gasteiger partial charge in [0.1, 0.15) is 6.33 Å². The van der Waals surface area contributed by atoms with Crippen LogP contribution in [0.3, 0.4) is 0 Å². The van der Waals surface area contributed by atoms with Crippen molar-refractivity contribution < 1.29 is 4.79 Å². The first-order valence-corrected chi connectivity index (χ1v) is 14.4. The number of likely N-dealkylation sites (tertiary alicyclic amines) is 1. The lowest BCUT2D eigenvalue weighted by molar-refractivity contribution is -0.113. The minimum Gasteiger partial charge on any atom is -0.369 e. The molecule has 7 nitrogen and oxygen atoms in total. The molecule has 0 atom stereocenters. The summed E-state index contributed by atoms with van der Waals surface area (Å²) in [5, 5.41) is 1.82. The smallest absolute Gasteiger partial charge is 0.286 e. The second-order valence-electron chi connectivity index (χ2n) is 10.6. The van der Waals surface area contributed by atoms with E-state index in [-0.39, 0.29) is 5.91 Å². The van der Waals surface area contributed by atoms with Crippen molar-refractivity contribution in [3.05, 3.63) is 58.8 Å². The molecule has 4 heterocycles. The minimum atomic E-state index is -0.151. The first kappa shape index (κ1) is 25.1. The van der Waals surface area contributed by atoms with E-state index in [1.807, 2.05) is 18.2 Å². The zero-order valence-corrected chi connectivity index (χ0v) is 23.2. The van der Waals surface area contributed by atoms with E-state index in [2.05, 4.69) is 74.7 Å². The first-order chi connectivity index (χ1) is 18.5. The number of anilines is 1. The standard InChI is InChI=1S/C30H34N6OS/c1-20(2)34-12-14-35(15-13-34)26-9-7-23(16-21(26)3)28-24-17-22(6-8-25(24)31-19-32-28)18-27-29(37)33-30(38-27)36-10-4-5-11-36/h6-9,16-20H,4-5,10-15H2,1-3H3. The van der Waals surface area contributed by atoms with Gasteiger partial charge in [-0.25, -0.2) is 9.97 Å². The summed E-state index contributed by atoms with van der Waals surface area (Å²) in [7, 11) is 0. The number of amides is 1. The number of amidine groups is 1. The highest BCUT2D eigenvalue weighted by Gasteiger charge is 2.27.